The second-order valence-electron chi connectivity index (χ2n) is 5.75. The summed E-state index contributed by atoms with van der Waals surface area (Å²) >= 11 is 1.52. The molecule has 1 saturated heterocycles. The van der Waals surface area contributed by atoms with Gasteiger partial charge in [-0.15, -0.1) is 11.3 Å². The molecule has 2 heterocycles. The molecule has 128 valence electrons. The van der Waals surface area contributed by atoms with Crippen LogP contribution in [0.3, 0.4) is 0 Å². The van der Waals surface area contributed by atoms with Crippen LogP contribution in [0.4, 0.5) is 9.18 Å². The number of urea groups is 1. The van der Waals surface area contributed by atoms with E-state index >= 15 is 0 Å². The maximum Gasteiger partial charge on any atom is 0.318 e. The topological polar surface area (TPSA) is 54.5 Å². The van der Waals surface area contributed by atoms with Crippen LogP contribution in [0.15, 0.2) is 24.3 Å². The van der Waals surface area contributed by atoms with Crippen molar-refractivity contribution in [2.24, 2.45) is 0 Å². The lowest BCUT2D eigenvalue weighted by atomic mass is 10.2. The zero-order valence-corrected chi connectivity index (χ0v) is 14.5. The van der Waals surface area contributed by atoms with E-state index in [0.29, 0.717) is 26.3 Å². The number of aromatic nitrogens is 1. The number of carbonyl (C=O) groups is 1. The van der Waals surface area contributed by atoms with E-state index in [1.54, 1.807) is 17.0 Å². The summed E-state index contributed by atoms with van der Waals surface area (Å²) in [6.45, 7) is 6.26. The number of rotatable bonds is 3. The van der Waals surface area contributed by atoms with Gasteiger partial charge < -0.3 is 15.0 Å². The molecular formula is C17H20FN3O2S. The Labute approximate surface area is 144 Å². The van der Waals surface area contributed by atoms with Crippen molar-refractivity contribution in [1.82, 2.24) is 15.2 Å². The van der Waals surface area contributed by atoms with Gasteiger partial charge in [-0.2, -0.15) is 0 Å². The summed E-state index contributed by atoms with van der Waals surface area (Å²) < 4.78 is 18.3. The highest BCUT2D eigenvalue weighted by atomic mass is 32.1. The fourth-order valence-electron chi connectivity index (χ4n) is 2.63. The maximum atomic E-state index is 13.1. The zero-order valence-electron chi connectivity index (χ0n) is 13.7. The molecule has 7 heteroatoms. The first-order valence-electron chi connectivity index (χ1n) is 7.91. The van der Waals surface area contributed by atoms with E-state index in [9.17, 15) is 9.18 Å². The van der Waals surface area contributed by atoms with E-state index in [4.69, 9.17) is 4.74 Å². The number of amides is 2. The van der Waals surface area contributed by atoms with Gasteiger partial charge in [0.15, 0.2) is 0 Å². The van der Waals surface area contributed by atoms with Gasteiger partial charge in [-0.1, -0.05) is 0 Å². The summed E-state index contributed by atoms with van der Waals surface area (Å²) in [6, 6.07) is 6.07. The molecule has 1 fully saturated rings. The van der Waals surface area contributed by atoms with Crippen LogP contribution in [0.5, 0.6) is 0 Å². The minimum Gasteiger partial charge on any atom is -0.378 e. The van der Waals surface area contributed by atoms with Gasteiger partial charge in [0.1, 0.15) is 10.8 Å². The predicted molar refractivity (Wildman–Crippen MR) is 91.6 cm³/mol. The summed E-state index contributed by atoms with van der Waals surface area (Å²) in [5.74, 6) is -0.265. The van der Waals surface area contributed by atoms with Gasteiger partial charge in [-0.05, 0) is 38.1 Å². The third-order valence-corrected chi connectivity index (χ3v) is 5.34. The Kier molecular flexibility index (Phi) is 5.11. The van der Waals surface area contributed by atoms with Gasteiger partial charge in [0.2, 0.25) is 0 Å². The average molecular weight is 349 g/mol. The van der Waals surface area contributed by atoms with Gasteiger partial charge in [-0.25, -0.2) is 14.2 Å². The monoisotopic (exact) mass is 349 g/mol. The van der Waals surface area contributed by atoms with Crippen LogP contribution in [-0.2, 0) is 4.74 Å². The molecule has 0 spiro atoms. The molecule has 0 saturated carbocycles. The highest BCUT2D eigenvalue weighted by molar-refractivity contribution is 7.15. The Balaban J connectivity index is 1.71. The largest absolute Gasteiger partial charge is 0.378 e. The Bertz CT molecular complexity index is 711. The fraction of sp³-hybridized carbons (Fsp3) is 0.412. The minimum atomic E-state index is -0.265. The molecule has 0 bridgehead atoms. The fourth-order valence-corrected chi connectivity index (χ4v) is 3.71. The van der Waals surface area contributed by atoms with Gasteiger partial charge in [0.25, 0.3) is 0 Å². The number of hydrogen-bond acceptors (Lipinski definition) is 4. The molecule has 1 aromatic heterocycles. The molecule has 2 amide bonds. The summed E-state index contributed by atoms with van der Waals surface area (Å²) in [5, 5.41) is 3.85. The van der Waals surface area contributed by atoms with Gasteiger partial charge in [-0.3, -0.25) is 0 Å². The first-order chi connectivity index (χ1) is 11.5. The van der Waals surface area contributed by atoms with E-state index in [1.165, 1.54) is 23.5 Å². The van der Waals surface area contributed by atoms with Crippen molar-refractivity contribution >= 4 is 17.4 Å². The molecule has 1 atom stereocenters. The molecule has 1 aliphatic heterocycles. The van der Waals surface area contributed by atoms with E-state index in [-0.39, 0.29) is 17.9 Å². The normalized spacial score (nSPS) is 16.0. The molecule has 1 N–H and O–H groups in total. The number of thiazole rings is 1. The number of carbonyl (C=O) groups excluding carboxylic acids is 1. The van der Waals surface area contributed by atoms with Gasteiger partial charge in [0, 0.05) is 18.7 Å². The highest BCUT2D eigenvalue weighted by Crippen LogP contribution is 2.31. The second-order valence-corrected chi connectivity index (χ2v) is 6.78. The molecule has 2 aromatic rings. The first kappa shape index (κ1) is 16.9. The number of ether oxygens (including phenoxy) is 1. The summed E-state index contributed by atoms with van der Waals surface area (Å²) in [6.07, 6.45) is 0. The Hall–Kier alpha value is -1.99. The standard InChI is InChI=1S/C17H20FN3O2S/c1-11-15(12(2)20-17(22)21-7-9-23-10-8-21)24-16(19-11)13-3-5-14(18)6-4-13/h3-6,12H,7-10H2,1-2H3,(H,20,22)/t12-/m1/s1. The lowest BCUT2D eigenvalue weighted by Crippen LogP contribution is -2.46. The van der Waals surface area contributed by atoms with Crippen molar-refractivity contribution in [3.8, 4) is 10.6 Å². The van der Waals surface area contributed by atoms with E-state index in [0.717, 1.165) is 21.1 Å². The van der Waals surface area contributed by atoms with Gasteiger partial charge in [0.05, 0.1) is 29.8 Å². The van der Waals surface area contributed by atoms with Crippen LogP contribution < -0.4 is 5.32 Å². The van der Waals surface area contributed by atoms with Crippen LogP contribution in [0.1, 0.15) is 23.5 Å². The zero-order chi connectivity index (χ0) is 17.1. The van der Waals surface area contributed by atoms with Crippen LogP contribution in [0, 0.1) is 12.7 Å². The highest BCUT2D eigenvalue weighted by Gasteiger charge is 2.21. The first-order valence-corrected chi connectivity index (χ1v) is 8.72. The third-order valence-electron chi connectivity index (χ3n) is 3.96. The number of morpholine rings is 1. The quantitative estimate of drug-likeness (QED) is 0.924. The van der Waals surface area contributed by atoms with Crippen molar-refractivity contribution in [3.63, 3.8) is 0 Å². The number of nitrogens with one attached hydrogen (secondary N) is 1. The van der Waals surface area contributed by atoms with Crippen molar-refractivity contribution in [2.45, 2.75) is 19.9 Å². The number of aryl methyl sites for hydroxylation is 1. The SMILES string of the molecule is Cc1nc(-c2ccc(F)cc2)sc1[C@@H](C)NC(=O)N1CCOCC1. The Morgan fingerprint density at radius 3 is 2.67 bits per heavy atom. The van der Waals surface area contributed by atoms with Crippen LogP contribution in [-0.4, -0.2) is 42.2 Å². The number of halogens is 1. The van der Waals surface area contributed by atoms with Gasteiger partial charge >= 0.3 is 6.03 Å². The van der Waals surface area contributed by atoms with Crippen LogP contribution >= 0.6 is 11.3 Å². The van der Waals surface area contributed by atoms with Crippen LogP contribution in [0.25, 0.3) is 10.6 Å². The Morgan fingerprint density at radius 1 is 1.33 bits per heavy atom. The van der Waals surface area contributed by atoms with Crippen molar-refractivity contribution in [3.05, 3.63) is 40.7 Å². The minimum absolute atomic E-state index is 0.0815. The molecule has 0 aliphatic carbocycles. The van der Waals surface area contributed by atoms with E-state index < -0.39 is 0 Å². The lowest BCUT2D eigenvalue weighted by Gasteiger charge is -2.28. The second kappa shape index (κ2) is 7.27. The lowest BCUT2D eigenvalue weighted by molar-refractivity contribution is 0.0526. The van der Waals surface area contributed by atoms with E-state index in [1.807, 2.05) is 13.8 Å². The molecule has 24 heavy (non-hydrogen) atoms. The molecule has 0 radical (unpaired) electrons. The van der Waals surface area contributed by atoms with Crippen molar-refractivity contribution in [1.29, 1.82) is 0 Å². The predicted octanol–water partition coefficient (Wildman–Crippen LogP) is 3.36. The molecule has 3 rings (SSSR count). The average Bonchev–Trinajstić information content (AvgIpc) is 2.98. The molecule has 5 nitrogen and oxygen atoms in total. The van der Waals surface area contributed by atoms with Crippen molar-refractivity contribution in [2.75, 3.05) is 26.3 Å². The molecule has 0 unspecified atom stereocenters. The number of benzene rings is 1. The number of nitrogens with zero attached hydrogens (tertiary/aromatic N) is 2. The molecule has 1 aliphatic rings. The third kappa shape index (κ3) is 3.73. The summed E-state index contributed by atoms with van der Waals surface area (Å²) in [4.78, 5) is 19.6. The summed E-state index contributed by atoms with van der Waals surface area (Å²) in [7, 11) is 0. The number of hydrogen-bond donors (Lipinski definition) is 1. The Morgan fingerprint density at radius 2 is 2.00 bits per heavy atom. The van der Waals surface area contributed by atoms with Crippen LogP contribution in [0.2, 0.25) is 0 Å². The molecule has 1 aromatic carbocycles. The summed E-state index contributed by atoms with van der Waals surface area (Å²) in [5.41, 5.74) is 1.76. The molecular weight excluding hydrogens is 329 g/mol. The smallest absolute Gasteiger partial charge is 0.318 e. The maximum absolute atomic E-state index is 13.1. The van der Waals surface area contributed by atoms with E-state index in [2.05, 4.69) is 10.3 Å². The van der Waals surface area contributed by atoms with Crippen molar-refractivity contribution < 1.29 is 13.9 Å².